The molecule has 0 saturated carbocycles. The number of H-pyrrole nitrogens is 1. The Labute approximate surface area is 190 Å². The molecule has 0 amide bonds. The molecule has 1 N–H and O–H groups in total. The van der Waals surface area contributed by atoms with Crippen molar-refractivity contribution in [2.24, 2.45) is 10.8 Å². The second-order valence-corrected chi connectivity index (χ2v) is 11.1. The Bertz CT molecular complexity index is 996. The normalized spacial score (nSPS) is 12.7. The van der Waals surface area contributed by atoms with Crippen molar-refractivity contribution in [2.75, 3.05) is 19.7 Å². The van der Waals surface area contributed by atoms with Gasteiger partial charge in [0, 0.05) is 6.54 Å². The third-order valence-corrected chi connectivity index (χ3v) is 5.52. The van der Waals surface area contributed by atoms with Gasteiger partial charge in [0.25, 0.3) is 5.56 Å². The van der Waals surface area contributed by atoms with Gasteiger partial charge < -0.3 is 9.47 Å². The molecular formula is C20H30FN2O9P. The number of aromatic nitrogens is 2. The van der Waals surface area contributed by atoms with Gasteiger partial charge in [0.2, 0.25) is 19.4 Å². The van der Waals surface area contributed by atoms with Gasteiger partial charge in [-0.2, -0.15) is 4.39 Å². The number of rotatable bonds is 10. The Morgan fingerprint density at radius 1 is 1.00 bits per heavy atom. The lowest BCUT2D eigenvalue weighted by molar-refractivity contribution is -0.161. The van der Waals surface area contributed by atoms with Gasteiger partial charge in [-0.1, -0.05) is 12.2 Å². The van der Waals surface area contributed by atoms with Crippen molar-refractivity contribution in [3.63, 3.8) is 0 Å². The molecule has 0 bridgehead atoms. The third-order valence-electron chi connectivity index (χ3n) is 3.87. The smallest absolute Gasteiger partial charge is 0.340 e. The van der Waals surface area contributed by atoms with Crippen molar-refractivity contribution in [1.29, 1.82) is 0 Å². The Hall–Kier alpha value is -2.56. The minimum Gasteiger partial charge on any atom is -0.438 e. The van der Waals surface area contributed by atoms with E-state index in [0.29, 0.717) is 0 Å². The van der Waals surface area contributed by atoms with Crippen LogP contribution < -0.4 is 11.2 Å². The number of carbonyl (C=O) groups is 2. The van der Waals surface area contributed by atoms with E-state index < -0.39 is 61.0 Å². The van der Waals surface area contributed by atoms with E-state index in [1.165, 1.54) is 12.2 Å². The Kier molecular flexibility index (Phi) is 9.95. The molecule has 0 unspecified atom stereocenters. The molecule has 1 aromatic heterocycles. The van der Waals surface area contributed by atoms with Crippen molar-refractivity contribution in [1.82, 2.24) is 9.55 Å². The number of hydrogen-bond acceptors (Lipinski definition) is 9. The van der Waals surface area contributed by atoms with E-state index in [1.807, 2.05) is 4.98 Å². The standard InChI is InChI=1S/C20H30FN2O9P/c1-19(2,3)16(25)29-12-31-33(28,32-13-30-17(26)20(4,5)6)10-8-7-9-23-11-14(21)15(24)22-18(23)27/h7-8,11H,9-10,12-13H2,1-6H3,(H,22,24,27)/b8-7-. The molecule has 0 aliphatic rings. The van der Waals surface area contributed by atoms with E-state index in [1.54, 1.807) is 41.5 Å². The minimum atomic E-state index is -3.95. The number of nitrogens with one attached hydrogen (secondary N) is 1. The average molecular weight is 492 g/mol. The summed E-state index contributed by atoms with van der Waals surface area (Å²) in [6.07, 6.45) is 3.08. The fourth-order valence-corrected chi connectivity index (χ4v) is 3.03. The van der Waals surface area contributed by atoms with Gasteiger partial charge in [-0.3, -0.25) is 37.5 Å². The Morgan fingerprint density at radius 3 is 1.94 bits per heavy atom. The van der Waals surface area contributed by atoms with Crippen molar-refractivity contribution < 1.29 is 37.1 Å². The van der Waals surface area contributed by atoms with Gasteiger partial charge in [-0.15, -0.1) is 0 Å². The van der Waals surface area contributed by atoms with Crippen molar-refractivity contribution in [2.45, 2.75) is 48.1 Å². The molecule has 0 aromatic carbocycles. The lowest BCUT2D eigenvalue weighted by Gasteiger charge is -2.21. The van der Waals surface area contributed by atoms with E-state index in [9.17, 15) is 28.1 Å². The molecule has 1 rings (SSSR count). The van der Waals surface area contributed by atoms with Crippen LogP contribution in [-0.2, 0) is 39.2 Å². The molecule has 0 aliphatic heterocycles. The summed E-state index contributed by atoms with van der Waals surface area (Å²) in [5.74, 6) is -2.33. The zero-order valence-corrected chi connectivity index (χ0v) is 20.4. The number of ether oxygens (including phenoxy) is 2. The highest BCUT2D eigenvalue weighted by molar-refractivity contribution is 7.54. The lowest BCUT2D eigenvalue weighted by Crippen LogP contribution is -2.31. The number of nitrogens with zero attached hydrogens (tertiary/aromatic N) is 1. The molecule has 0 saturated heterocycles. The van der Waals surface area contributed by atoms with Crippen LogP contribution in [0.1, 0.15) is 41.5 Å². The summed E-state index contributed by atoms with van der Waals surface area (Å²) in [6.45, 7) is 8.28. The number of carbonyl (C=O) groups excluding carboxylic acids is 2. The number of allylic oxidation sites excluding steroid dienone is 2. The van der Waals surface area contributed by atoms with Crippen LogP contribution in [0.2, 0.25) is 0 Å². The van der Waals surface area contributed by atoms with E-state index in [4.69, 9.17) is 18.5 Å². The number of aromatic amines is 1. The fourth-order valence-electron chi connectivity index (χ4n) is 1.91. The largest absolute Gasteiger partial charge is 0.438 e. The zero-order valence-electron chi connectivity index (χ0n) is 19.5. The van der Waals surface area contributed by atoms with E-state index in [2.05, 4.69) is 0 Å². The van der Waals surface area contributed by atoms with Gasteiger partial charge in [0.1, 0.15) is 0 Å². The monoisotopic (exact) mass is 492 g/mol. The third kappa shape index (κ3) is 9.85. The highest BCUT2D eigenvalue weighted by atomic mass is 31.2. The molecule has 33 heavy (non-hydrogen) atoms. The van der Waals surface area contributed by atoms with Gasteiger partial charge in [-0.05, 0) is 41.5 Å². The first-order chi connectivity index (χ1) is 15.0. The van der Waals surface area contributed by atoms with Gasteiger partial charge in [-0.25, -0.2) is 4.79 Å². The molecule has 0 spiro atoms. The maximum absolute atomic E-state index is 13.3. The number of hydrogen-bond donors (Lipinski definition) is 1. The van der Waals surface area contributed by atoms with Gasteiger partial charge in [0.05, 0.1) is 23.2 Å². The molecule has 11 nitrogen and oxygen atoms in total. The SMILES string of the molecule is CC(C)(C)C(=O)OCOP(=O)(C/C=C\Cn1cc(F)c(=O)[nH]c1=O)OCOC(=O)C(C)(C)C. The first kappa shape index (κ1) is 28.5. The summed E-state index contributed by atoms with van der Waals surface area (Å²) in [7, 11) is -3.95. The molecule has 1 aromatic rings. The number of esters is 2. The summed E-state index contributed by atoms with van der Waals surface area (Å²) < 4.78 is 47.4. The molecule has 1 heterocycles. The minimum absolute atomic E-state index is 0.148. The molecule has 0 radical (unpaired) electrons. The predicted octanol–water partition coefficient (Wildman–Crippen LogP) is 2.55. The first-order valence-corrected chi connectivity index (χ1v) is 11.6. The summed E-state index contributed by atoms with van der Waals surface area (Å²) in [4.78, 5) is 48.3. The van der Waals surface area contributed by atoms with Crippen LogP contribution in [0.5, 0.6) is 0 Å². The average Bonchev–Trinajstić information content (AvgIpc) is 2.67. The quantitative estimate of drug-likeness (QED) is 0.226. The van der Waals surface area contributed by atoms with Gasteiger partial charge in [0.15, 0.2) is 0 Å². The Morgan fingerprint density at radius 2 is 1.48 bits per heavy atom. The maximum atomic E-state index is 13.3. The second-order valence-electron chi connectivity index (χ2n) is 9.01. The van der Waals surface area contributed by atoms with Crippen LogP contribution >= 0.6 is 7.60 Å². The molecule has 186 valence electrons. The van der Waals surface area contributed by atoms with E-state index in [-0.39, 0.29) is 12.7 Å². The molecule has 0 aliphatic carbocycles. The van der Waals surface area contributed by atoms with Crippen LogP contribution in [0.25, 0.3) is 0 Å². The Balaban J connectivity index is 2.82. The highest BCUT2D eigenvalue weighted by Crippen LogP contribution is 2.48. The van der Waals surface area contributed by atoms with Crippen LogP contribution in [0.4, 0.5) is 4.39 Å². The fraction of sp³-hybridized carbons (Fsp3) is 0.600. The summed E-state index contributed by atoms with van der Waals surface area (Å²) in [5.41, 5.74) is -3.59. The van der Waals surface area contributed by atoms with Crippen LogP contribution in [0.3, 0.4) is 0 Å². The summed E-state index contributed by atoms with van der Waals surface area (Å²) in [5, 5.41) is 0. The second kappa shape index (κ2) is 11.5. The van der Waals surface area contributed by atoms with Crippen LogP contribution in [-0.4, -0.2) is 41.2 Å². The molecule has 0 atom stereocenters. The van der Waals surface area contributed by atoms with Gasteiger partial charge >= 0.3 is 25.2 Å². The molecular weight excluding hydrogens is 462 g/mol. The van der Waals surface area contributed by atoms with Crippen molar-refractivity contribution >= 4 is 19.5 Å². The molecule has 0 fully saturated rings. The van der Waals surface area contributed by atoms with E-state index >= 15 is 0 Å². The van der Waals surface area contributed by atoms with Crippen LogP contribution in [0.15, 0.2) is 27.9 Å². The summed E-state index contributed by atoms with van der Waals surface area (Å²) >= 11 is 0. The maximum Gasteiger partial charge on any atom is 0.340 e. The predicted molar refractivity (Wildman–Crippen MR) is 116 cm³/mol. The summed E-state index contributed by atoms with van der Waals surface area (Å²) in [6, 6.07) is 0. The topological polar surface area (TPSA) is 143 Å². The van der Waals surface area contributed by atoms with E-state index in [0.717, 1.165) is 10.8 Å². The zero-order chi connectivity index (χ0) is 25.4. The van der Waals surface area contributed by atoms with Crippen molar-refractivity contribution in [3.8, 4) is 0 Å². The number of halogens is 1. The van der Waals surface area contributed by atoms with Crippen LogP contribution in [0, 0.1) is 16.6 Å². The first-order valence-electron chi connectivity index (χ1n) is 9.92. The molecule has 13 heteroatoms. The highest BCUT2D eigenvalue weighted by Gasteiger charge is 2.29. The van der Waals surface area contributed by atoms with Crippen molar-refractivity contribution in [3.05, 3.63) is 45.0 Å². The lowest BCUT2D eigenvalue weighted by atomic mass is 9.98.